The Balaban J connectivity index is 1.70. The van der Waals surface area contributed by atoms with Gasteiger partial charge in [0, 0.05) is 25.0 Å². The van der Waals surface area contributed by atoms with E-state index in [9.17, 15) is 5.11 Å². The summed E-state index contributed by atoms with van der Waals surface area (Å²) in [6, 6.07) is 2.10. The van der Waals surface area contributed by atoms with E-state index in [1.807, 2.05) is 36.9 Å². The van der Waals surface area contributed by atoms with Crippen molar-refractivity contribution in [1.82, 2.24) is 39.6 Å². The standard InChI is InChI=1S/C25H32N8O3/c1-5-32-14-23-17(24(35-6-2)30-33(23)9-10-34)7-8-20-18-11-21(26-13-22(18)29-28-20)19-12-27-31(4)25(19)36-15-16(32)3/h7-8,11-13,16,34H,5-6,9-10,14-15H2,1-4H3,(H,28,29)/b8-7+/t16-/m0/s1. The zero-order valence-corrected chi connectivity index (χ0v) is 21.1. The highest BCUT2D eigenvalue weighted by molar-refractivity contribution is 5.91. The van der Waals surface area contributed by atoms with Crippen molar-refractivity contribution in [2.24, 2.45) is 7.05 Å². The smallest absolute Gasteiger partial charge is 0.240 e. The molecule has 11 nitrogen and oxygen atoms in total. The highest BCUT2D eigenvalue weighted by Crippen LogP contribution is 2.32. The van der Waals surface area contributed by atoms with Crippen molar-refractivity contribution in [2.75, 3.05) is 26.4 Å². The summed E-state index contributed by atoms with van der Waals surface area (Å²) in [4.78, 5) is 6.96. The summed E-state index contributed by atoms with van der Waals surface area (Å²) in [5.74, 6) is 1.21. The van der Waals surface area contributed by atoms with Gasteiger partial charge in [0.15, 0.2) is 0 Å². The molecule has 5 heterocycles. The van der Waals surface area contributed by atoms with Gasteiger partial charge in [-0.05, 0) is 38.6 Å². The Hall–Kier alpha value is -3.70. The summed E-state index contributed by atoms with van der Waals surface area (Å²) in [6.45, 7) is 8.95. The van der Waals surface area contributed by atoms with Gasteiger partial charge in [-0.25, -0.2) is 4.68 Å². The summed E-state index contributed by atoms with van der Waals surface area (Å²) in [5.41, 5.74) is 5.06. The third-order valence-electron chi connectivity index (χ3n) is 6.55. The van der Waals surface area contributed by atoms with Crippen LogP contribution in [0.15, 0.2) is 18.5 Å². The van der Waals surface area contributed by atoms with Gasteiger partial charge in [-0.1, -0.05) is 6.92 Å². The number of fused-ring (bicyclic) bond motifs is 4. The summed E-state index contributed by atoms with van der Waals surface area (Å²) in [6.07, 6.45) is 7.53. The Morgan fingerprint density at radius 3 is 2.89 bits per heavy atom. The second kappa shape index (κ2) is 10.1. The molecule has 0 fully saturated rings. The van der Waals surface area contributed by atoms with Crippen molar-refractivity contribution >= 4 is 23.1 Å². The fraction of sp³-hybridized carbons (Fsp3) is 0.440. The number of nitrogens with zero attached hydrogens (tertiary/aromatic N) is 7. The Morgan fingerprint density at radius 2 is 2.11 bits per heavy atom. The monoisotopic (exact) mass is 492 g/mol. The van der Waals surface area contributed by atoms with E-state index in [4.69, 9.17) is 9.47 Å². The molecule has 0 unspecified atom stereocenters. The highest BCUT2D eigenvalue weighted by atomic mass is 16.5. The predicted octanol–water partition coefficient (Wildman–Crippen LogP) is 2.72. The molecule has 0 amide bonds. The van der Waals surface area contributed by atoms with Gasteiger partial charge in [-0.15, -0.1) is 5.10 Å². The molecule has 190 valence electrons. The fourth-order valence-corrected chi connectivity index (χ4v) is 4.57. The molecule has 2 bridgehead atoms. The molecular weight excluding hydrogens is 460 g/mol. The van der Waals surface area contributed by atoms with Crippen LogP contribution in [0.2, 0.25) is 0 Å². The van der Waals surface area contributed by atoms with Gasteiger partial charge in [0.05, 0.1) is 65.9 Å². The SMILES string of the molecule is CCOc1nn(CCO)c2c1/C=C/c1n[nH]c3cnc(cc13)-c1cnn(C)c1OC[C@H](C)N(CC)C2. The van der Waals surface area contributed by atoms with Crippen LogP contribution in [-0.4, -0.2) is 77.2 Å². The lowest BCUT2D eigenvalue weighted by Gasteiger charge is -2.28. The number of hydrogen-bond donors (Lipinski definition) is 2. The first-order valence-electron chi connectivity index (χ1n) is 12.3. The van der Waals surface area contributed by atoms with Crippen LogP contribution >= 0.6 is 0 Å². The molecule has 5 rings (SSSR count). The molecule has 0 spiro atoms. The maximum atomic E-state index is 9.71. The van der Waals surface area contributed by atoms with Crippen molar-refractivity contribution in [3.8, 4) is 23.0 Å². The predicted molar refractivity (Wildman–Crippen MR) is 137 cm³/mol. The van der Waals surface area contributed by atoms with E-state index in [0.717, 1.165) is 45.7 Å². The van der Waals surface area contributed by atoms with Crippen LogP contribution in [0.5, 0.6) is 11.8 Å². The number of aryl methyl sites for hydroxylation is 1. The van der Waals surface area contributed by atoms with Gasteiger partial charge in [0.2, 0.25) is 11.8 Å². The van der Waals surface area contributed by atoms with E-state index >= 15 is 0 Å². The molecule has 0 saturated heterocycles. The number of ether oxygens (including phenoxy) is 2. The maximum absolute atomic E-state index is 9.71. The topological polar surface area (TPSA) is 119 Å². The first-order chi connectivity index (χ1) is 17.5. The van der Waals surface area contributed by atoms with Crippen molar-refractivity contribution in [3.05, 3.63) is 35.4 Å². The second-order valence-corrected chi connectivity index (χ2v) is 8.81. The zero-order valence-electron chi connectivity index (χ0n) is 21.1. The molecule has 1 aliphatic rings. The van der Waals surface area contributed by atoms with Crippen LogP contribution in [0.25, 0.3) is 34.3 Å². The first kappa shape index (κ1) is 24.0. The third kappa shape index (κ3) is 4.35. The van der Waals surface area contributed by atoms with Gasteiger partial charge in [-0.3, -0.25) is 19.7 Å². The summed E-state index contributed by atoms with van der Waals surface area (Å²) >= 11 is 0. The number of hydrogen-bond acceptors (Lipinski definition) is 8. The third-order valence-corrected chi connectivity index (χ3v) is 6.55. The van der Waals surface area contributed by atoms with Crippen molar-refractivity contribution in [3.63, 3.8) is 0 Å². The number of likely N-dealkylation sites (N-methyl/N-ethyl adjacent to an activating group) is 1. The number of H-pyrrole nitrogens is 1. The van der Waals surface area contributed by atoms with Gasteiger partial charge in [0.1, 0.15) is 6.61 Å². The van der Waals surface area contributed by atoms with E-state index < -0.39 is 0 Å². The molecule has 0 aliphatic carbocycles. The van der Waals surface area contributed by atoms with Crippen molar-refractivity contribution < 1.29 is 14.6 Å². The van der Waals surface area contributed by atoms with Crippen LogP contribution in [0, 0.1) is 0 Å². The molecule has 0 saturated carbocycles. The normalized spacial score (nSPS) is 17.3. The molecule has 11 heteroatoms. The molecule has 36 heavy (non-hydrogen) atoms. The Bertz CT molecular complexity index is 1390. The lowest BCUT2D eigenvalue weighted by atomic mass is 10.1. The van der Waals surface area contributed by atoms with E-state index in [1.54, 1.807) is 17.1 Å². The molecular formula is C25H32N8O3. The first-order valence-corrected chi connectivity index (χ1v) is 12.3. The fourth-order valence-electron chi connectivity index (χ4n) is 4.57. The van der Waals surface area contributed by atoms with Gasteiger partial charge >= 0.3 is 0 Å². The van der Waals surface area contributed by atoms with Crippen molar-refractivity contribution in [1.29, 1.82) is 0 Å². The number of aromatic nitrogens is 7. The lowest BCUT2D eigenvalue weighted by molar-refractivity contribution is 0.136. The average molecular weight is 493 g/mol. The highest BCUT2D eigenvalue weighted by Gasteiger charge is 2.24. The average Bonchev–Trinajstić information content (AvgIpc) is 3.54. The van der Waals surface area contributed by atoms with Crippen LogP contribution in [-0.2, 0) is 20.1 Å². The number of aromatic amines is 1. The van der Waals surface area contributed by atoms with Gasteiger partial charge < -0.3 is 14.6 Å². The summed E-state index contributed by atoms with van der Waals surface area (Å²) in [7, 11) is 1.87. The second-order valence-electron chi connectivity index (χ2n) is 8.81. The van der Waals surface area contributed by atoms with E-state index in [2.05, 4.69) is 44.1 Å². The molecule has 4 aromatic rings. The van der Waals surface area contributed by atoms with E-state index in [1.165, 1.54) is 0 Å². The maximum Gasteiger partial charge on any atom is 0.240 e. The van der Waals surface area contributed by atoms with Crippen molar-refractivity contribution in [2.45, 2.75) is 39.9 Å². The molecule has 0 aromatic carbocycles. The molecule has 1 aliphatic heterocycles. The molecule has 4 aromatic heterocycles. The largest absolute Gasteiger partial charge is 0.476 e. The lowest BCUT2D eigenvalue weighted by Crippen LogP contribution is -2.37. The van der Waals surface area contributed by atoms with Crippen LogP contribution in [0.4, 0.5) is 0 Å². The number of nitrogens with one attached hydrogen (secondary N) is 1. The molecule has 0 radical (unpaired) electrons. The van der Waals surface area contributed by atoms with Crippen LogP contribution in [0.3, 0.4) is 0 Å². The number of aliphatic hydroxyl groups is 1. The quantitative estimate of drug-likeness (QED) is 0.437. The Kier molecular flexibility index (Phi) is 6.75. The number of pyridine rings is 1. The van der Waals surface area contributed by atoms with Crippen LogP contribution < -0.4 is 9.47 Å². The van der Waals surface area contributed by atoms with Gasteiger partial charge in [0.25, 0.3) is 0 Å². The van der Waals surface area contributed by atoms with Crippen LogP contribution in [0.1, 0.15) is 37.7 Å². The minimum atomic E-state index is -0.0166. The van der Waals surface area contributed by atoms with E-state index in [0.29, 0.717) is 38.1 Å². The Labute approximate surface area is 209 Å². The zero-order chi connectivity index (χ0) is 25.2. The Morgan fingerprint density at radius 1 is 1.25 bits per heavy atom. The molecule has 1 atom stereocenters. The molecule has 2 N–H and O–H groups in total. The van der Waals surface area contributed by atoms with E-state index in [-0.39, 0.29) is 12.6 Å². The number of rotatable bonds is 5. The van der Waals surface area contributed by atoms with Gasteiger partial charge in [-0.2, -0.15) is 10.2 Å². The summed E-state index contributed by atoms with van der Waals surface area (Å²) < 4.78 is 15.8. The summed E-state index contributed by atoms with van der Waals surface area (Å²) in [5, 5.41) is 27.3. The minimum Gasteiger partial charge on any atom is -0.476 e. The number of aliphatic hydroxyl groups excluding tert-OH is 1. The minimum absolute atomic E-state index is 0.0166.